The van der Waals surface area contributed by atoms with Crippen LogP contribution < -0.4 is 14.8 Å². The molecule has 5 rings (SSSR count). The fourth-order valence-electron chi connectivity index (χ4n) is 3.76. The van der Waals surface area contributed by atoms with Crippen LogP contribution in [0.5, 0.6) is 17.4 Å². The summed E-state index contributed by atoms with van der Waals surface area (Å²) in [5.74, 6) is 2.41. The van der Waals surface area contributed by atoms with E-state index in [1.54, 1.807) is 49.7 Å². The molecule has 1 unspecified atom stereocenters. The number of amides is 1. The standard InChI is InChI=1S/C20H23N3O3/c1-25-19-12-17(6-9-21-19)26-16-4-2-15(3-5-16)20(24)22-18-13-23-10-7-14(18)8-11-23/h2-6,9,12,14,18H,7-8,10-11,13H2,1H3,(H,22,24). The van der Waals surface area contributed by atoms with E-state index in [1.165, 1.54) is 25.9 Å². The van der Waals surface area contributed by atoms with Crippen LogP contribution >= 0.6 is 0 Å². The van der Waals surface area contributed by atoms with Gasteiger partial charge in [0.15, 0.2) is 0 Å². The van der Waals surface area contributed by atoms with E-state index in [2.05, 4.69) is 15.2 Å². The van der Waals surface area contributed by atoms with Crippen molar-refractivity contribution in [2.45, 2.75) is 18.9 Å². The van der Waals surface area contributed by atoms with E-state index in [9.17, 15) is 4.79 Å². The normalized spacial score (nSPS) is 24.1. The van der Waals surface area contributed by atoms with Gasteiger partial charge in [0.2, 0.25) is 5.88 Å². The first-order valence-corrected chi connectivity index (χ1v) is 9.02. The number of nitrogens with zero attached hydrogens (tertiary/aromatic N) is 2. The molecule has 0 radical (unpaired) electrons. The minimum absolute atomic E-state index is 0.0131. The molecule has 1 amide bonds. The Balaban J connectivity index is 1.38. The molecular formula is C20H23N3O3. The monoisotopic (exact) mass is 353 g/mol. The quantitative estimate of drug-likeness (QED) is 0.895. The molecule has 3 fully saturated rings. The third-order valence-corrected chi connectivity index (χ3v) is 5.24. The van der Waals surface area contributed by atoms with Gasteiger partial charge in [-0.2, -0.15) is 0 Å². The molecule has 3 aliphatic rings. The number of ether oxygens (including phenoxy) is 2. The van der Waals surface area contributed by atoms with Crippen molar-refractivity contribution >= 4 is 5.91 Å². The Hall–Kier alpha value is -2.60. The number of methoxy groups -OCH3 is 1. The molecular weight excluding hydrogens is 330 g/mol. The molecule has 6 nitrogen and oxygen atoms in total. The van der Waals surface area contributed by atoms with Crippen molar-refractivity contribution in [3.8, 4) is 17.4 Å². The van der Waals surface area contributed by atoms with Crippen molar-refractivity contribution < 1.29 is 14.3 Å². The number of carbonyl (C=O) groups excluding carboxylic acids is 1. The molecule has 4 heterocycles. The second-order valence-electron chi connectivity index (χ2n) is 6.88. The second-order valence-corrected chi connectivity index (χ2v) is 6.88. The summed E-state index contributed by atoms with van der Waals surface area (Å²) in [5.41, 5.74) is 0.654. The van der Waals surface area contributed by atoms with Crippen LogP contribution in [0.3, 0.4) is 0 Å². The van der Waals surface area contributed by atoms with E-state index in [0.717, 1.165) is 6.54 Å². The van der Waals surface area contributed by atoms with Gasteiger partial charge in [-0.1, -0.05) is 0 Å². The molecule has 1 aromatic carbocycles. The number of aromatic nitrogens is 1. The molecule has 3 aliphatic heterocycles. The maximum Gasteiger partial charge on any atom is 0.251 e. The van der Waals surface area contributed by atoms with E-state index in [-0.39, 0.29) is 11.9 Å². The SMILES string of the molecule is COc1cc(Oc2ccc(C(=O)NC3CN4CCC3CC4)cc2)ccn1. The molecule has 2 aromatic rings. The van der Waals surface area contributed by atoms with Crippen LogP contribution in [0.25, 0.3) is 0 Å². The van der Waals surface area contributed by atoms with Gasteiger partial charge in [-0.15, -0.1) is 0 Å². The smallest absolute Gasteiger partial charge is 0.251 e. The molecule has 1 atom stereocenters. The number of pyridine rings is 1. The first kappa shape index (κ1) is 16.8. The molecule has 26 heavy (non-hydrogen) atoms. The summed E-state index contributed by atoms with van der Waals surface area (Å²) in [4.78, 5) is 19.0. The van der Waals surface area contributed by atoms with Crippen LogP contribution in [0, 0.1) is 5.92 Å². The van der Waals surface area contributed by atoms with Crippen molar-refractivity contribution in [3.05, 3.63) is 48.2 Å². The predicted molar refractivity (Wildman–Crippen MR) is 97.7 cm³/mol. The fourth-order valence-corrected chi connectivity index (χ4v) is 3.76. The summed E-state index contributed by atoms with van der Waals surface area (Å²) in [7, 11) is 1.56. The summed E-state index contributed by atoms with van der Waals surface area (Å²) in [6.45, 7) is 3.31. The minimum atomic E-state index is -0.0131. The van der Waals surface area contributed by atoms with Crippen LogP contribution in [0.15, 0.2) is 42.6 Å². The van der Waals surface area contributed by atoms with Gasteiger partial charge < -0.3 is 19.7 Å². The highest BCUT2D eigenvalue weighted by molar-refractivity contribution is 5.94. The highest BCUT2D eigenvalue weighted by Crippen LogP contribution is 2.28. The second kappa shape index (κ2) is 7.33. The van der Waals surface area contributed by atoms with Gasteiger partial charge in [0.25, 0.3) is 5.91 Å². The highest BCUT2D eigenvalue weighted by Gasteiger charge is 2.34. The zero-order valence-corrected chi connectivity index (χ0v) is 14.9. The molecule has 0 aliphatic carbocycles. The summed E-state index contributed by atoms with van der Waals surface area (Å²) >= 11 is 0. The van der Waals surface area contributed by atoms with E-state index >= 15 is 0 Å². The zero-order chi connectivity index (χ0) is 17.9. The number of rotatable bonds is 5. The van der Waals surface area contributed by atoms with E-state index in [0.29, 0.717) is 28.9 Å². The number of hydrogen-bond donors (Lipinski definition) is 1. The van der Waals surface area contributed by atoms with Crippen molar-refractivity contribution in [1.82, 2.24) is 15.2 Å². The molecule has 1 N–H and O–H groups in total. The Labute approximate surface area is 153 Å². The Kier molecular flexibility index (Phi) is 4.75. The summed E-state index contributed by atoms with van der Waals surface area (Å²) in [5, 5.41) is 3.20. The molecule has 136 valence electrons. The van der Waals surface area contributed by atoms with Gasteiger partial charge >= 0.3 is 0 Å². The highest BCUT2D eigenvalue weighted by atomic mass is 16.5. The van der Waals surface area contributed by atoms with Crippen LogP contribution in [-0.4, -0.2) is 48.6 Å². The maximum atomic E-state index is 12.5. The number of carbonyl (C=O) groups is 1. The molecule has 2 bridgehead atoms. The molecule has 6 heteroatoms. The average Bonchev–Trinajstić information content (AvgIpc) is 2.69. The maximum absolute atomic E-state index is 12.5. The zero-order valence-electron chi connectivity index (χ0n) is 14.9. The number of benzene rings is 1. The number of piperidine rings is 3. The lowest BCUT2D eigenvalue weighted by atomic mass is 9.84. The Morgan fingerprint density at radius 3 is 2.58 bits per heavy atom. The molecule has 0 spiro atoms. The summed E-state index contributed by atoms with van der Waals surface area (Å²) < 4.78 is 10.9. The molecule has 0 saturated carbocycles. The van der Waals surface area contributed by atoms with Crippen LogP contribution in [0.1, 0.15) is 23.2 Å². The lowest BCUT2D eigenvalue weighted by Crippen LogP contribution is -2.57. The number of fused-ring (bicyclic) bond motifs is 3. The topological polar surface area (TPSA) is 63.7 Å². The lowest BCUT2D eigenvalue weighted by molar-refractivity contribution is 0.0620. The van der Waals surface area contributed by atoms with E-state index in [1.807, 2.05) is 0 Å². The van der Waals surface area contributed by atoms with E-state index in [4.69, 9.17) is 9.47 Å². The number of hydrogen-bond acceptors (Lipinski definition) is 5. The Morgan fingerprint density at radius 1 is 1.15 bits per heavy atom. The van der Waals surface area contributed by atoms with Gasteiger partial charge in [0.05, 0.1) is 7.11 Å². The van der Waals surface area contributed by atoms with Gasteiger partial charge in [0.1, 0.15) is 11.5 Å². The third-order valence-electron chi connectivity index (χ3n) is 5.24. The van der Waals surface area contributed by atoms with Crippen molar-refractivity contribution in [2.24, 2.45) is 5.92 Å². The van der Waals surface area contributed by atoms with Gasteiger partial charge in [-0.05, 0) is 62.2 Å². The molecule has 3 saturated heterocycles. The first-order chi connectivity index (χ1) is 12.7. The van der Waals surface area contributed by atoms with Crippen LogP contribution in [0.4, 0.5) is 0 Å². The van der Waals surface area contributed by atoms with Crippen molar-refractivity contribution in [1.29, 1.82) is 0 Å². The summed E-state index contributed by atoms with van der Waals surface area (Å²) in [6, 6.07) is 10.9. The van der Waals surface area contributed by atoms with Gasteiger partial charge in [0, 0.05) is 30.4 Å². The van der Waals surface area contributed by atoms with Crippen LogP contribution in [-0.2, 0) is 0 Å². The lowest BCUT2D eigenvalue weighted by Gasteiger charge is -2.44. The predicted octanol–water partition coefficient (Wildman–Crippen LogP) is 2.71. The van der Waals surface area contributed by atoms with Crippen LogP contribution in [0.2, 0.25) is 0 Å². The van der Waals surface area contributed by atoms with Crippen molar-refractivity contribution in [2.75, 3.05) is 26.7 Å². The third kappa shape index (κ3) is 3.65. The number of nitrogens with one attached hydrogen (secondary N) is 1. The molecule has 1 aromatic heterocycles. The Bertz CT molecular complexity index is 770. The fraction of sp³-hybridized carbons (Fsp3) is 0.400. The minimum Gasteiger partial charge on any atom is -0.481 e. The summed E-state index contributed by atoms with van der Waals surface area (Å²) in [6.07, 6.45) is 4.00. The van der Waals surface area contributed by atoms with Crippen molar-refractivity contribution in [3.63, 3.8) is 0 Å². The largest absolute Gasteiger partial charge is 0.481 e. The van der Waals surface area contributed by atoms with Gasteiger partial charge in [-0.3, -0.25) is 4.79 Å². The van der Waals surface area contributed by atoms with E-state index < -0.39 is 0 Å². The average molecular weight is 353 g/mol. The van der Waals surface area contributed by atoms with Gasteiger partial charge in [-0.25, -0.2) is 4.98 Å². The Morgan fingerprint density at radius 2 is 1.92 bits per heavy atom. The first-order valence-electron chi connectivity index (χ1n) is 9.02.